The number of nitrogens with zero attached hydrogens (tertiary/aromatic N) is 2. The van der Waals surface area contributed by atoms with Gasteiger partial charge < -0.3 is 14.8 Å². The number of anilines is 1. The molecule has 0 aliphatic heterocycles. The van der Waals surface area contributed by atoms with Crippen molar-refractivity contribution in [3.05, 3.63) is 111 Å². The monoisotopic (exact) mass is 669 g/mol. The van der Waals surface area contributed by atoms with E-state index in [0.717, 1.165) is 6.07 Å². The molecular formula is C34H31ClF3N3O6. The van der Waals surface area contributed by atoms with Crippen molar-refractivity contribution in [1.82, 2.24) is 9.78 Å². The molecule has 246 valence electrons. The lowest BCUT2D eigenvalue weighted by Gasteiger charge is -2.22. The van der Waals surface area contributed by atoms with E-state index in [2.05, 4.69) is 10.4 Å². The van der Waals surface area contributed by atoms with Gasteiger partial charge in [-0.25, -0.2) is 18.3 Å². The Hall–Kier alpha value is -4.97. The number of esters is 1. The first-order valence-corrected chi connectivity index (χ1v) is 14.7. The maximum atomic E-state index is 14.3. The predicted molar refractivity (Wildman–Crippen MR) is 170 cm³/mol. The molecule has 1 N–H and O–H groups in total. The molecular weight excluding hydrogens is 639 g/mol. The van der Waals surface area contributed by atoms with E-state index in [9.17, 15) is 32.3 Å². The summed E-state index contributed by atoms with van der Waals surface area (Å²) >= 11 is 6.14. The number of ether oxygens (including phenoxy) is 2. The molecule has 4 rings (SSSR count). The Morgan fingerprint density at radius 3 is 2.19 bits per heavy atom. The third kappa shape index (κ3) is 9.07. The van der Waals surface area contributed by atoms with Gasteiger partial charge in [0, 0.05) is 28.8 Å². The molecule has 1 aromatic heterocycles. The lowest BCUT2D eigenvalue weighted by atomic mass is 9.98. The van der Waals surface area contributed by atoms with E-state index >= 15 is 0 Å². The zero-order valence-electron chi connectivity index (χ0n) is 25.8. The van der Waals surface area contributed by atoms with Crippen molar-refractivity contribution >= 4 is 34.9 Å². The summed E-state index contributed by atoms with van der Waals surface area (Å²) in [4.78, 5) is 52.2. The maximum absolute atomic E-state index is 14.3. The standard InChI is InChI=1S/C34H31ClF3N3O6/c1-19(42)24-15-12-22(35)17-25(24)26-18-28(43)41(40-32(26)46-30(38)29(36)37)27(16-20-8-6-5-7-9-20)31(44)39-23-13-10-21(11-14-23)33(45)47-34(2,3)4/h5-15,17-18,27,29-30H,16H2,1-4H3,(H,39,44). The third-order valence-corrected chi connectivity index (χ3v) is 6.89. The highest BCUT2D eigenvalue weighted by Gasteiger charge is 2.29. The summed E-state index contributed by atoms with van der Waals surface area (Å²) in [7, 11) is 0. The van der Waals surface area contributed by atoms with Crippen LogP contribution in [0, 0.1) is 0 Å². The number of benzene rings is 3. The van der Waals surface area contributed by atoms with Crippen molar-refractivity contribution in [3.63, 3.8) is 0 Å². The van der Waals surface area contributed by atoms with Crippen molar-refractivity contribution in [3.8, 4) is 17.0 Å². The van der Waals surface area contributed by atoms with Crippen LogP contribution in [-0.2, 0) is 16.0 Å². The Labute approximate surface area is 273 Å². The minimum absolute atomic E-state index is 0.00708. The normalized spacial score (nSPS) is 12.7. The average molecular weight is 670 g/mol. The second kappa shape index (κ2) is 14.6. The lowest BCUT2D eigenvalue weighted by Crippen LogP contribution is -2.37. The second-order valence-corrected chi connectivity index (χ2v) is 11.9. The summed E-state index contributed by atoms with van der Waals surface area (Å²) < 4.78 is 51.9. The smallest absolute Gasteiger partial charge is 0.338 e. The first-order chi connectivity index (χ1) is 22.1. The first kappa shape index (κ1) is 34.9. The van der Waals surface area contributed by atoms with E-state index in [1.54, 1.807) is 51.1 Å². The van der Waals surface area contributed by atoms with Gasteiger partial charge in [-0.1, -0.05) is 41.9 Å². The van der Waals surface area contributed by atoms with Crippen molar-refractivity contribution in [2.24, 2.45) is 0 Å². The molecule has 0 aliphatic rings. The van der Waals surface area contributed by atoms with Crippen molar-refractivity contribution in [2.45, 2.75) is 58.5 Å². The molecule has 4 aromatic rings. The SMILES string of the molecule is CC(=O)c1ccc(Cl)cc1-c1cc(=O)n(C(Cc2ccccc2)C(=O)Nc2ccc(C(=O)OC(C)(C)C)cc2)nc1OC(F)C(F)F. The van der Waals surface area contributed by atoms with Crippen LogP contribution in [0.15, 0.2) is 83.7 Å². The van der Waals surface area contributed by atoms with Gasteiger partial charge in [-0.3, -0.25) is 14.4 Å². The molecule has 2 unspecified atom stereocenters. The minimum atomic E-state index is -3.58. The Balaban J connectivity index is 1.79. The highest BCUT2D eigenvalue weighted by molar-refractivity contribution is 6.31. The molecule has 9 nitrogen and oxygen atoms in total. The van der Waals surface area contributed by atoms with Gasteiger partial charge in [0.25, 0.3) is 11.9 Å². The number of hydrogen-bond acceptors (Lipinski definition) is 7. The number of carbonyl (C=O) groups excluding carboxylic acids is 3. The number of halogens is 4. The number of carbonyl (C=O) groups is 3. The fourth-order valence-corrected chi connectivity index (χ4v) is 4.71. The molecule has 1 amide bonds. The zero-order chi connectivity index (χ0) is 34.5. The number of Topliss-reactive ketones (excluding diaryl/α,β-unsaturated/α-hetero) is 1. The Bertz CT molecular complexity index is 1830. The van der Waals surface area contributed by atoms with Gasteiger partial charge in [0.05, 0.1) is 11.1 Å². The summed E-state index contributed by atoms with van der Waals surface area (Å²) in [6.45, 7) is 6.41. The van der Waals surface area contributed by atoms with Gasteiger partial charge in [0.15, 0.2) is 5.78 Å². The van der Waals surface area contributed by atoms with E-state index in [0.29, 0.717) is 10.2 Å². The van der Waals surface area contributed by atoms with Crippen LogP contribution in [0.5, 0.6) is 5.88 Å². The van der Waals surface area contributed by atoms with Gasteiger partial charge in [-0.05, 0) is 81.3 Å². The number of aromatic nitrogens is 2. The second-order valence-electron chi connectivity index (χ2n) is 11.5. The molecule has 0 saturated carbocycles. The van der Waals surface area contributed by atoms with Crippen molar-refractivity contribution < 1.29 is 37.0 Å². The summed E-state index contributed by atoms with van der Waals surface area (Å²) in [5, 5.41) is 6.86. The van der Waals surface area contributed by atoms with Gasteiger partial charge >= 0.3 is 12.4 Å². The van der Waals surface area contributed by atoms with Gasteiger partial charge in [0.1, 0.15) is 11.6 Å². The third-order valence-electron chi connectivity index (χ3n) is 6.65. The largest absolute Gasteiger partial charge is 0.456 e. The van der Waals surface area contributed by atoms with Crippen LogP contribution in [0.3, 0.4) is 0 Å². The van der Waals surface area contributed by atoms with Crippen LogP contribution in [0.1, 0.15) is 60.0 Å². The number of alkyl halides is 3. The summed E-state index contributed by atoms with van der Waals surface area (Å²) in [6.07, 6.45) is -6.83. The molecule has 0 radical (unpaired) electrons. The van der Waals surface area contributed by atoms with Crippen LogP contribution < -0.4 is 15.6 Å². The van der Waals surface area contributed by atoms with Crippen LogP contribution in [0.4, 0.5) is 18.9 Å². The average Bonchev–Trinajstić information content (AvgIpc) is 3.00. The van der Waals surface area contributed by atoms with Gasteiger partial charge in [0.2, 0.25) is 11.8 Å². The highest BCUT2D eigenvalue weighted by Crippen LogP contribution is 2.34. The first-order valence-electron chi connectivity index (χ1n) is 14.3. The number of rotatable bonds is 11. The van der Waals surface area contributed by atoms with E-state index in [1.165, 1.54) is 49.4 Å². The Morgan fingerprint density at radius 2 is 1.60 bits per heavy atom. The number of ketones is 1. The van der Waals surface area contributed by atoms with Crippen LogP contribution in [0.2, 0.25) is 5.02 Å². The lowest BCUT2D eigenvalue weighted by molar-refractivity contribution is -0.119. The molecule has 2 atom stereocenters. The molecule has 0 spiro atoms. The minimum Gasteiger partial charge on any atom is -0.456 e. The molecule has 0 fully saturated rings. The van der Waals surface area contributed by atoms with Crippen LogP contribution in [-0.4, -0.2) is 45.8 Å². The predicted octanol–water partition coefficient (Wildman–Crippen LogP) is 7.08. The molecule has 0 bridgehead atoms. The molecule has 3 aromatic carbocycles. The number of amides is 1. The number of nitrogens with one attached hydrogen (secondary N) is 1. The Morgan fingerprint density at radius 1 is 0.936 bits per heavy atom. The topological polar surface area (TPSA) is 117 Å². The molecule has 0 aliphatic carbocycles. The van der Waals surface area contributed by atoms with E-state index in [-0.39, 0.29) is 39.4 Å². The van der Waals surface area contributed by atoms with Gasteiger partial charge in [-0.2, -0.15) is 4.39 Å². The fraction of sp³-hybridized carbons (Fsp3) is 0.265. The van der Waals surface area contributed by atoms with Crippen molar-refractivity contribution in [2.75, 3.05) is 5.32 Å². The quantitative estimate of drug-likeness (QED) is 0.134. The molecule has 13 heteroatoms. The van der Waals surface area contributed by atoms with Crippen molar-refractivity contribution in [1.29, 1.82) is 0 Å². The molecule has 0 saturated heterocycles. The Kier molecular flexibility index (Phi) is 10.9. The van der Waals surface area contributed by atoms with E-state index in [4.69, 9.17) is 21.1 Å². The molecule has 1 heterocycles. The maximum Gasteiger partial charge on any atom is 0.338 e. The summed E-state index contributed by atoms with van der Waals surface area (Å²) in [5.41, 5.74) is -0.744. The van der Waals surface area contributed by atoms with Gasteiger partial charge in [-0.15, -0.1) is 5.10 Å². The fourth-order valence-electron chi connectivity index (χ4n) is 4.54. The summed E-state index contributed by atoms with van der Waals surface area (Å²) in [6, 6.07) is 18.0. The highest BCUT2D eigenvalue weighted by atomic mass is 35.5. The summed E-state index contributed by atoms with van der Waals surface area (Å²) in [5.74, 6) is -2.54. The molecule has 47 heavy (non-hydrogen) atoms. The van der Waals surface area contributed by atoms with Crippen LogP contribution >= 0.6 is 11.6 Å². The van der Waals surface area contributed by atoms with E-state index < -0.39 is 53.5 Å². The van der Waals surface area contributed by atoms with Crippen LogP contribution in [0.25, 0.3) is 11.1 Å². The number of hydrogen-bond donors (Lipinski definition) is 1. The van der Waals surface area contributed by atoms with E-state index in [1.807, 2.05) is 0 Å². The zero-order valence-corrected chi connectivity index (χ0v) is 26.6.